The van der Waals surface area contributed by atoms with Crippen LogP contribution in [0.2, 0.25) is 0 Å². The average Bonchev–Trinajstić information content (AvgIpc) is 2.29. The van der Waals surface area contributed by atoms with Gasteiger partial charge in [0.25, 0.3) is 0 Å². The molecule has 0 aromatic heterocycles. The summed E-state index contributed by atoms with van der Waals surface area (Å²) >= 11 is 0. The van der Waals surface area contributed by atoms with Crippen LogP contribution in [0.4, 0.5) is 14.9 Å². The number of amides is 1. The Morgan fingerprint density at radius 2 is 2.12 bits per heavy atom. The maximum Gasteiger partial charge on any atom is 0.409 e. The van der Waals surface area contributed by atoms with E-state index in [0.717, 1.165) is 6.07 Å². The Hall–Kier alpha value is -1.82. The number of carbonyl (C=O) groups is 1. The van der Waals surface area contributed by atoms with Gasteiger partial charge in [-0.15, -0.1) is 0 Å². The van der Waals surface area contributed by atoms with E-state index in [-0.39, 0.29) is 5.75 Å². The van der Waals surface area contributed by atoms with Crippen molar-refractivity contribution in [3.05, 3.63) is 24.0 Å². The van der Waals surface area contributed by atoms with Crippen molar-refractivity contribution in [2.75, 3.05) is 31.2 Å². The molecule has 6 heteroatoms. The lowest BCUT2D eigenvalue weighted by atomic mass is 10.2. The fourth-order valence-electron chi connectivity index (χ4n) is 1.73. The summed E-state index contributed by atoms with van der Waals surface area (Å²) in [5, 5.41) is 0. The van der Waals surface area contributed by atoms with Gasteiger partial charge >= 0.3 is 6.09 Å². The van der Waals surface area contributed by atoms with Crippen molar-refractivity contribution in [2.45, 2.75) is 0 Å². The summed E-state index contributed by atoms with van der Waals surface area (Å²) in [5.41, 5.74) is 5.32. The van der Waals surface area contributed by atoms with E-state index >= 15 is 0 Å². The number of halogens is 1. The Morgan fingerprint density at radius 3 is 2.71 bits per heavy atom. The van der Waals surface area contributed by atoms with Gasteiger partial charge in [0.15, 0.2) is 0 Å². The number of hydrogen-bond acceptors (Lipinski definition) is 4. The molecule has 92 valence electrons. The molecule has 1 aliphatic heterocycles. The Kier molecular flexibility index (Phi) is 3.43. The first kappa shape index (κ1) is 11.7. The molecule has 1 aromatic carbocycles. The lowest BCUT2D eigenvalue weighted by molar-refractivity contribution is 0.122. The molecule has 2 rings (SSSR count). The summed E-state index contributed by atoms with van der Waals surface area (Å²) in [7, 11) is 0. The quantitative estimate of drug-likeness (QED) is 0.841. The molecule has 0 spiro atoms. The third kappa shape index (κ3) is 2.85. The number of hydrogen-bond donors (Lipinski definition) is 1. The highest BCUT2D eigenvalue weighted by Gasteiger charge is 2.15. The lowest BCUT2D eigenvalue weighted by Crippen LogP contribution is -2.36. The fourth-order valence-corrected chi connectivity index (χ4v) is 1.73. The Morgan fingerprint density at radius 1 is 1.41 bits per heavy atom. The molecule has 0 atom stereocenters. The third-order valence-electron chi connectivity index (χ3n) is 2.49. The summed E-state index contributed by atoms with van der Waals surface area (Å²) < 4.78 is 23.6. The number of rotatable bonds is 2. The first-order valence-electron chi connectivity index (χ1n) is 5.26. The standard InChI is InChI=1S/C11H13FN2O3/c12-9-7-8(17-11(13)15)1-2-10(9)14-3-5-16-6-4-14/h1-2,7H,3-6H2,(H2,13,15). The van der Waals surface area contributed by atoms with Gasteiger partial charge in [-0.25, -0.2) is 9.18 Å². The van der Waals surface area contributed by atoms with E-state index in [1.165, 1.54) is 6.07 Å². The molecule has 17 heavy (non-hydrogen) atoms. The maximum atomic E-state index is 13.8. The van der Waals surface area contributed by atoms with E-state index in [0.29, 0.717) is 32.0 Å². The van der Waals surface area contributed by atoms with Gasteiger partial charge in [0, 0.05) is 19.2 Å². The van der Waals surface area contributed by atoms with Crippen LogP contribution >= 0.6 is 0 Å². The van der Waals surface area contributed by atoms with Crippen LogP contribution in [0.1, 0.15) is 0 Å². The Labute approximate surface area is 97.9 Å². The molecule has 1 heterocycles. The zero-order valence-corrected chi connectivity index (χ0v) is 9.19. The van der Waals surface area contributed by atoms with Crippen LogP contribution < -0.4 is 15.4 Å². The van der Waals surface area contributed by atoms with Crippen molar-refractivity contribution in [3.63, 3.8) is 0 Å². The van der Waals surface area contributed by atoms with E-state index in [4.69, 9.17) is 10.5 Å². The monoisotopic (exact) mass is 240 g/mol. The molecule has 2 N–H and O–H groups in total. The minimum Gasteiger partial charge on any atom is -0.410 e. The zero-order chi connectivity index (χ0) is 12.3. The number of carbonyl (C=O) groups excluding carboxylic acids is 1. The summed E-state index contributed by atoms with van der Waals surface area (Å²) in [6, 6.07) is 4.23. The summed E-state index contributed by atoms with van der Waals surface area (Å²) in [6.07, 6.45) is -0.955. The van der Waals surface area contributed by atoms with Crippen molar-refractivity contribution in [2.24, 2.45) is 5.73 Å². The van der Waals surface area contributed by atoms with Crippen LogP contribution in [0.5, 0.6) is 5.75 Å². The van der Waals surface area contributed by atoms with Gasteiger partial charge in [0.1, 0.15) is 11.6 Å². The Bertz CT molecular complexity index is 419. The normalized spacial score (nSPS) is 15.7. The highest BCUT2D eigenvalue weighted by Crippen LogP contribution is 2.24. The smallest absolute Gasteiger partial charge is 0.409 e. The average molecular weight is 240 g/mol. The molecule has 1 saturated heterocycles. The molecule has 1 amide bonds. The van der Waals surface area contributed by atoms with Crippen molar-refractivity contribution in [3.8, 4) is 5.75 Å². The summed E-state index contributed by atoms with van der Waals surface area (Å²) in [6.45, 7) is 2.46. The van der Waals surface area contributed by atoms with E-state index in [1.807, 2.05) is 4.90 Å². The summed E-state index contributed by atoms with van der Waals surface area (Å²) in [5.74, 6) is -0.336. The minimum atomic E-state index is -0.955. The van der Waals surface area contributed by atoms with Crippen LogP contribution in [0.25, 0.3) is 0 Å². The van der Waals surface area contributed by atoms with Gasteiger partial charge in [-0.3, -0.25) is 0 Å². The molecule has 0 saturated carbocycles. The SMILES string of the molecule is NC(=O)Oc1ccc(N2CCOCC2)c(F)c1. The van der Waals surface area contributed by atoms with Crippen LogP contribution in [0.15, 0.2) is 18.2 Å². The number of nitrogens with two attached hydrogens (primary N) is 1. The van der Waals surface area contributed by atoms with E-state index in [2.05, 4.69) is 4.74 Å². The number of morpholine rings is 1. The summed E-state index contributed by atoms with van der Waals surface area (Å²) in [4.78, 5) is 12.4. The van der Waals surface area contributed by atoms with E-state index in [9.17, 15) is 9.18 Å². The second-order valence-electron chi connectivity index (χ2n) is 3.63. The molecule has 0 radical (unpaired) electrons. The Balaban J connectivity index is 2.15. The highest BCUT2D eigenvalue weighted by molar-refractivity contribution is 5.68. The second kappa shape index (κ2) is 5.01. The van der Waals surface area contributed by atoms with Crippen LogP contribution in [-0.4, -0.2) is 32.4 Å². The molecule has 0 unspecified atom stereocenters. The number of benzene rings is 1. The largest absolute Gasteiger partial charge is 0.410 e. The van der Waals surface area contributed by atoms with Gasteiger partial charge in [-0.1, -0.05) is 0 Å². The fraction of sp³-hybridized carbons (Fsp3) is 0.364. The van der Waals surface area contributed by atoms with Crippen molar-refractivity contribution < 1.29 is 18.7 Å². The van der Waals surface area contributed by atoms with E-state index in [1.54, 1.807) is 6.07 Å². The molecular weight excluding hydrogens is 227 g/mol. The third-order valence-corrected chi connectivity index (χ3v) is 2.49. The van der Waals surface area contributed by atoms with Crippen LogP contribution in [0.3, 0.4) is 0 Å². The molecule has 1 aliphatic rings. The first-order valence-corrected chi connectivity index (χ1v) is 5.26. The second-order valence-corrected chi connectivity index (χ2v) is 3.63. The molecule has 1 aromatic rings. The lowest BCUT2D eigenvalue weighted by Gasteiger charge is -2.29. The van der Waals surface area contributed by atoms with Crippen molar-refractivity contribution in [1.82, 2.24) is 0 Å². The minimum absolute atomic E-state index is 0.104. The van der Waals surface area contributed by atoms with Gasteiger partial charge in [-0.05, 0) is 12.1 Å². The van der Waals surface area contributed by atoms with Crippen LogP contribution in [0, 0.1) is 5.82 Å². The van der Waals surface area contributed by atoms with E-state index < -0.39 is 11.9 Å². The number of ether oxygens (including phenoxy) is 2. The molecule has 0 bridgehead atoms. The first-order chi connectivity index (χ1) is 8.16. The molecular formula is C11H13FN2O3. The van der Waals surface area contributed by atoms with Crippen LogP contribution in [-0.2, 0) is 4.74 Å². The predicted molar refractivity (Wildman–Crippen MR) is 59.6 cm³/mol. The molecule has 1 fully saturated rings. The zero-order valence-electron chi connectivity index (χ0n) is 9.19. The van der Waals surface area contributed by atoms with Crippen molar-refractivity contribution in [1.29, 1.82) is 0 Å². The number of primary amides is 1. The highest BCUT2D eigenvalue weighted by atomic mass is 19.1. The van der Waals surface area contributed by atoms with Gasteiger partial charge in [0.2, 0.25) is 0 Å². The molecule has 5 nitrogen and oxygen atoms in total. The van der Waals surface area contributed by atoms with Gasteiger partial charge < -0.3 is 20.1 Å². The van der Waals surface area contributed by atoms with Crippen molar-refractivity contribution >= 4 is 11.8 Å². The maximum absolute atomic E-state index is 13.8. The topological polar surface area (TPSA) is 64.8 Å². The van der Waals surface area contributed by atoms with Gasteiger partial charge in [0.05, 0.1) is 18.9 Å². The van der Waals surface area contributed by atoms with Gasteiger partial charge in [-0.2, -0.15) is 0 Å². The number of anilines is 1. The molecule has 0 aliphatic carbocycles. The predicted octanol–water partition coefficient (Wildman–Crippen LogP) is 1.12. The number of nitrogens with zero attached hydrogens (tertiary/aromatic N) is 1.